The molecule has 0 aliphatic carbocycles. The number of nitrogens with two attached hydrogens (primary N) is 1. The molecule has 0 amide bonds. The highest BCUT2D eigenvalue weighted by Gasteiger charge is 2.08. The quantitative estimate of drug-likeness (QED) is 0.796. The van der Waals surface area contributed by atoms with Gasteiger partial charge in [0.05, 0.1) is 5.69 Å². The van der Waals surface area contributed by atoms with Crippen molar-refractivity contribution >= 4 is 0 Å². The molecule has 15 heavy (non-hydrogen) atoms. The molecule has 0 aliphatic heterocycles. The fourth-order valence-electron chi connectivity index (χ4n) is 1.56. The Balaban J connectivity index is 2.54. The normalized spacial score (nSPS) is 13.1. The number of aryl methyl sites for hydroxylation is 1. The van der Waals surface area contributed by atoms with Crippen LogP contribution in [0.4, 0.5) is 0 Å². The average Bonchev–Trinajstić information content (AvgIpc) is 2.18. The van der Waals surface area contributed by atoms with E-state index in [0.717, 1.165) is 30.9 Å². The maximum absolute atomic E-state index is 5.54. The van der Waals surface area contributed by atoms with Crippen molar-refractivity contribution in [2.45, 2.75) is 32.9 Å². The van der Waals surface area contributed by atoms with Crippen molar-refractivity contribution in [1.82, 2.24) is 9.88 Å². The molecule has 3 nitrogen and oxygen atoms in total. The lowest BCUT2D eigenvalue weighted by molar-refractivity contribution is 0.237. The zero-order chi connectivity index (χ0) is 11.3. The van der Waals surface area contributed by atoms with Crippen LogP contribution in [0.2, 0.25) is 0 Å². The summed E-state index contributed by atoms with van der Waals surface area (Å²) >= 11 is 0. The predicted molar refractivity (Wildman–Crippen MR) is 63.6 cm³/mol. The molecule has 0 aromatic carbocycles. The molecule has 0 saturated carbocycles. The van der Waals surface area contributed by atoms with Gasteiger partial charge in [0.15, 0.2) is 0 Å². The van der Waals surface area contributed by atoms with Crippen molar-refractivity contribution in [2.24, 2.45) is 5.73 Å². The van der Waals surface area contributed by atoms with Gasteiger partial charge in [0.25, 0.3) is 0 Å². The first-order chi connectivity index (χ1) is 7.13. The van der Waals surface area contributed by atoms with Crippen LogP contribution >= 0.6 is 0 Å². The molecule has 0 aliphatic rings. The number of pyridine rings is 1. The Bertz CT molecular complexity index is 299. The zero-order valence-electron chi connectivity index (χ0n) is 9.90. The van der Waals surface area contributed by atoms with Crippen LogP contribution in [0.5, 0.6) is 0 Å². The van der Waals surface area contributed by atoms with E-state index >= 15 is 0 Å². The lowest BCUT2D eigenvalue weighted by Crippen LogP contribution is -2.30. The van der Waals surface area contributed by atoms with E-state index in [1.165, 1.54) is 0 Å². The van der Waals surface area contributed by atoms with Crippen molar-refractivity contribution < 1.29 is 0 Å². The predicted octanol–water partition coefficient (Wildman–Crippen LogP) is 1.56. The molecule has 0 bridgehead atoms. The standard InChI is InChI=1S/C12H21N3/c1-10-5-4-6-12(14-10)9-15(3)11(2)7-8-13/h4-6,11H,7-9,13H2,1-3H3. The first kappa shape index (κ1) is 12.1. The minimum absolute atomic E-state index is 0.511. The van der Waals surface area contributed by atoms with Crippen molar-refractivity contribution in [3.05, 3.63) is 29.6 Å². The summed E-state index contributed by atoms with van der Waals surface area (Å²) in [5.74, 6) is 0. The minimum atomic E-state index is 0.511. The second-order valence-corrected chi connectivity index (χ2v) is 4.11. The molecule has 1 unspecified atom stereocenters. The van der Waals surface area contributed by atoms with E-state index in [4.69, 9.17) is 5.73 Å². The second kappa shape index (κ2) is 5.83. The molecule has 0 radical (unpaired) electrons. The molecule has 1 aromatic heterocycles. The number of aromatic nitrogens is 1. The second-order valence-electron chi connectivity index (χ2n) is 4.11. The summed E-state index contributed by atoms with van der Waals surface area (Å²) in [6.07, 6.45) is 1.03. The lowest BCUT2D eigenvalue weighted by Gasteiger charge is -2.23. The Morgan fingerprint density at radius 2 is 2.20 bits per heavy atom. The van der Waals surface area contributed by atoms with Crippen molar-refractivity contribution in [1.29, 1.82) is 0 Å². The van der Waals surface area contributed by atoms with Crippen LogP contribution in [0.25, 0.3) is 0 Å². The average molecular weight is 207 g/mol. The largest absolute Gasteiger partial charge is 0.330 e. The summed E-state index contributed by atoms with van der Waals surface area (Å²) in [4.78, 5) is 6.77. The van der Waals surface area contributed by atoms with E-state index in [1.807, 2.05) is 13.0 Å². The molecular formula is C12H21N3. The van der Waals surface area contributed by atoms with Gasteiger partial charge in [-0.15, -0.1) is 0 Å². The van der Waals surface area contributed by atoms with Crippen molar-refractivity contribution in [3.8, 4) is 0 Å². The summed E-state index contributed by atoms with van der Waals surface area (Å²) in [5.41, 5.74) is 7.74. The van der Waals surface area contributed by atoms with E-state index in [0.29, 0.717) is 6.04 Å². The van der Waals surface area contributed by atoms with Crippen LogP contribution in [0.1, 0.15) is 24.7 Å². The first-order valence-corrected chi connectivity index (χ1v) is 5.46. The fourth-order valence-corrected chi connectivity index (χ4v) is 1.56. The molecule has 3 heteroatoms. The van der Waals surface area contributed by atoms with Crippen LogP contribution in [0.3, 0.4) is 0 Å². The Labute approximate surface area is 92.3 Å². The number of rotatable bonds is 5. The summed E-state index contributed by atoms with van der Waals surface area (Å²) < 4.78 is 0. The Morgan fingerprint density at radius 1 is 1.47 bits per heavy atom. The number of hydrogen-bond donors (Lipinski definition) is 1. The van der Waals surface area contributed by atoms with Crippen LogP contribution in [-0.2, 0) is 6.54 Å². The Morgan fingerprint density at radius 3 is 2.80 bits per heavy atom. The first-order valence-electron chi connectivity index (χ1n) is 5.46. The molecule has 1 aromatic rings. The van der Waals surface area contributed by atoms with E-state index in [2.05, 4.69) is 36.0 Å². The summed E-state index contributed by atoms with van der Waals surface area (Å²) in [5, 5.41) is 0. The SMILES string of the molecule is Cc1cccc(CN(C)C(C)CCN)n1. The molecular weight excluding hydrogens is 186 g/mol. The topological polar surface area (TPSA) is 42.1 Å². The van der Waals surface area contributed by atoms with Gasteiger partial charge in [0, 0.05) is 18.3 Å². The van der Waals surface area contributed by atoms with Gasteiger partial charge in [0.1, 0.15) is 0 Å². The van der Waals surface area contributed by atoms with Gasteiger partial charge in [-0.05, 0) is 46.0 Å². The molecule has 1 atom stereocenters. The Kier molecular flexibility index (Phi) is 4.72. The molecule has 0 fully saturated rings. The minimum Gasteiger partial charge on any atom is -0.330 e. The molecule has 0 saturated heterocycles. The molecule has 1 rings (SSSR count). The smallest absolute Gasteiger partial charge is 0.0547 e. The molecule has 1 heterocycles. The van der Waals surface area contributed by atoms with Crippen molar-refractivity contribution in [3.63, 3.8) is 0 Å². The van der Waals surface area contributed by atoms with E-state index in [-0.39, 0.29) is 0 Å². The highest BCUT2D eigenvalue weighted by molar-refractivity contribution is 5.09. The van der Waals surface area contributed by atoms with E-state index in [1.54, 1.807) is 0 Å². The maximum Gasteiger partial charge on any atom is 0.0547 e. The van der Waals surface area contributed by atoms with Gasteiger partial charge < -0.3 is 5.73 Å². The van der Waals surface area contributed by atoms with Crippen molar-refractivity contribution in [2.75, 3.05) is 13.6 Å². The van der Waals surface area contributed by atoms with Gasteiger partial charge in [0.2, 0.25) is 0 Å². The molecule has 2 N–H and O–H groups in total. The Hall–Kier alpha value is -0.930. The van der Waals surface area contributed by atoms with Crippen LogP contribution in [-0.4, -0.2) is 29.5 Å². The summed E-state index contributed by atoms with van der Waals surface area (Å²) in [7, 11) is 2.12. The third kappa shape index (κ3) is 3.98. The van der Waals surface area contributed by atoms with Gasteiger partial charge in [-0.2, -0.15) is 0 Å². The molecule has 0 spiro atoms. The summed E-state index contributed by atoms with van der Waals surface area (Å²) in [6.45, 7) is 5.85. The number of nitrogens with zero attached hydrogens (tertiary/aromatic N) is 2. The highest BCUT2D eigenvalue weighted by Crippen LogP contribution is 2.06. The van der Waals surface area contributed by atoms with Crippen LogP contribution < -0.4 is 5.73 Å². The van der Waals surface area contributed by atoms with Gasteiger partial charge >= 0.3 is 0 Å². The zero-order valence-corrected chi connectivity index (χ0v) is 9.90. The number of hydrogen-bond acceptors (Lipinski definition) is 3. The highest BCUT2D eigenvalue weighted by atomic mass is 15.1. The van der Waals surface area contributed by atoms with Gasteiger partial charge in [-0.25, -0.2) is 0 Å². The molecule has 84 valence electrons. The van der Waals surface area contributed by atoms with E-state index in [9.17, 15) is 0 Å². The third-order valence-corrected chi connectivity index (χ3v) is 2.69. The summed E-state index contributed by atoms with van der Waals surface area (Å²) in [6, 6.07) is 6.65. The lowest BCUT2D eigenvalue weighted by atomic mass is 10.2. The van der Waals surface area contributed by atoms with E-state index < -0.39 is 0 Å². The third-order valence-electron chi connectivity index (χ3n) is 2.69. The van der Waals surface area contributed by atoms with Crippen LogP contribution in [0, 0.1) is 6.92 Å². The van der Waals surface area contributed by atoms with Gasteiger partial charge in [-0.3, -0.25) is 9.88 Å². The fraction of sp³-hybridized carbons (Fsp3) is 0.583. The van der Waals surface area contributed by atoms with Crippen LogP contribution in [0.15, 0.2) is 18.2 Å². The maximum atomic E-state index is 5.54. The monoisotopic (exact) mass is 207 g/mol. The van der Waals surface area contributed by atoms with Gasteiger partial charge in [-0.1, -0.05) is 6.07 Å².